The quantitative estimate of drug-likeness (QED) is 0.832. The fourth-order valence-corrected chi connectivity index (χ4v) is 1.61. The van der Waals surface area contributed by atoms with Crippen LogP contribution in [0.4, 0.5) is 0 Å². The van der Waals surface area contributed by atoms with Crippen LogP contribution < -0.4 is 5.32 Å². The van der Waals surface area contributed by atoms with Gasteiger partial charge in [0.1, 0.15) is 0 Å². The number of nitrogens with one attached hydrogen (secondary N) is 1. The summed E-state index contributed by atoms with van der Waals surface area (Å²) in [6, 6.07) is 7.61. The molecule has 0 aliphatic heterocycles. The second-order valence-corrected chi connectivity index (χ2v) is 4.82. The SMILES string of the molecule is CC(C)(CNCC(=O)O)c1ccc(Cl)cc1. The molecule has 0 amide bonds. The number of carboxylic acid groups (broad SMARTS) is 1. The van der Waals surface area contributed by atoms with Gasteiger partial charge in [-0.3, -0.25) is 4.79 Å². The van der Waals surface area contributed by atoms with Crippen LogP contribution in [0.15, 0.2) is 24.3 Å². The van der Waals surface area contributed by atoms with Crippen LogP contribution in [0.1, 0.15) is 19.4 Å². The predicted molar refractivity (Wildman–Crippen MR) is 65.0 cm³/mol. The number of aliphatic carboxylic acids is 1. The van der Waals surface area contributed by atoms with Crippen LogP contribution in [-0.4, -0.2) is 24.2 Å². The van der Waals surface area contributed by atoms with Gasteiger partial charge in [0.05, 0.1) is 6.54 Å². The maximum Gasteiger partial charge on any atom is 0.317 e. The van der Waals surface area contributed by atoms with E-state index in [0.29, 0.717) is 11.6 Å². The second-order valence-electron chi connectivity index (χ2n) is 4.39. The van der Waals surface area contributed by atoms with Crippen LogP contribution in [0.2, 0.25) is 5.02 Å². The zero-order chi connectivity index (χ0) is 12.2. The molecule has 0 atom stereocenters. The van der Waals surface area contributed by atoms with Gasteiger partial charge in [-0.1, -0.05) is 37.6 Å². The normalized spacial score (nSPS) is 11.4. The molecule has 0 bridgehead atoms. The Morgan fingerprint density at radius 3 is 2.44 bits per heavy atom. The molecule has 16 heavy (non-hydrogen) atoms. The number of hydrogen-bond donors (Lipinski definition) is 2. The van der Waals surface area contributed by atoms with Crippen molar-refractivity contribution in [2.75, 3.05) is 13.1 Å². The first-order valence-electron chi connectivity index (χ1n) is 5.10. The van der Waals surface area contributed by atoms with E-state index in [1.54, 1.807) is 0 Å². The van der Waals surface area contributed by atoms with E-state index in [9.17, 15) is 4.79 Å². The van der Waals surface area contributed by atoms with Gasteiger partial charge in [-0.05, 0) is 17.7 Å². The molecule has 88 valence electrons. The van der Waals surface area contributed by atoms with Crippen molar-refractivity contribution < 1.29 is 9.90 Å². The third-order valence-corrected chi connectivity index (χ3v) is 2.72. The Kier molecular flexibility index (Phi) is 4.33. The fourth-order valence-electron chi connectivity index (χ4n) is 1.49. The highest BCUT2D eigenvalue weighted by Crippen LogP contribution is 2.23. The second kappa shape index (κ2) is 5.32. The van der Waals surface area contributed by atoms with Crippen molar-refractivity contribution in [3.63, 3.8) is 0 Å². The van der Waals surface area contributed by atoms with E-state index in [2.05, 4.69) is 19.2 Å². The molecule has 3 nitrogen and oxygen atoms in total. The first-order valence-corrected chi connectivity index (χ1v) is 5.48. The zero-order valence-electron chi connectivity index (χ0n) is 9.46. The van der Waals surface area contributed by atoms with Gasteiger partial charge < -0.3 is 10.4 Å². The molecule has 0 heterocycles. The molecule has 0 saturated carbocycles. The summed E-state index contributed by atoms with van der Waals surface area (Å²) >= 11 is 5.81. The molecule has 1 aromatic rings. The van der Waals surface area contributed by atoms with E-state index >= 15 is 0 Å². The molecule has 0 saturated heterocycles. The summed E-state index contributed by atoms with van der Waals surface area (Å²) in [5, 5.41) is 12.1. The largest absolute Gasteiger partial charge is 0.480 e. The Balaban J connectivity index is 2.62. The molecule has 1 aromatic carbocycles. The monoisotopic (exact) mass is 241 g/mol. The van der Waals surface area contributed by atoms with E-state index in [4.69, 9.17) is 16.7 Å². The van der Waals surface area contributed by atoms with Crippen molar-refractivity contribution in [3.05, 3.63) is 34.9 Å². The van der Waals surface area contributed by atoms with Crippen molar-refractivity contribution in [1.82, 2.24) is 5.32 Å². The van der Waals surface area contributed by atoms with Crippen LogP contribution in [-0.2, 0) is 10.2 Å². The number of carboxylic acids is 1. The number of benzene rings is 1. The lowest BCUT2D eigenvalue weighted by molar-refractivity contribution is -0.136. The Morgan fingerprint density at radius 1 is 1.38 bits per heavy atom. The van der Waals surface area contributed by atoms with E-state index in [0.717, 1.165) is 5.56 Å². The lowest BCUT2D eigenvalue weighted by Crippen LogP contribution is -2.35. The minimum absolute atomic E-state index is 0.0168. The molecule has 0 aliphatic rings. The molecule has 0 aromatic heterocycles. The standard InChI is InChI=1S/C12H16ClNO2/c1-12(2,8-14-7-11(15)16)9-3-5-10(13)6-4-9/h3-6,14H,7-8H2,1-2H3,(H,15,16). The van der Waals surface area contributed by atoms with E-state index in [-0.39, 0.29) is 12.0 Å². The Labute approximate surface area is 100 Å². The Morgan fingerprint density at radius 2 is 1.94 bits per heavy atom. The van der Waals surface area contributed by atoms with Crippen molar-refractivity contribution >= 4 is 17.6 Å². The zero-order valence-corrected chi connectivity index (χ0v) is 10.2. The first-order chi connectivity index (χ1) is 7.42. The maximum absolute atomic E-state index is 10.4. The minimum atomic E-state index is -0.841. The minimum Gasteiger partial charge on any atom is -0.480 e. The van der Waals surface area contributed by atoms with Crippen LogP contribution in [0.5, 0.6) is 0 Å². The van der Waals surface area contributed by atoms with E-state index in [1.165, 1.54) is 0 Å². The first kappa shape index (κ1) is 13.0. The smallest absolute Gasteiger partial charge is 0.317 e. The van der Waals surface area contributed by atoms with Gasteiger partial charge in [0, 0.05) is 17.0 Å². The van der Waals surface area contributed by atoms with Crippen molar-refractivity contribution in [1.29, 1.82) is 0 Å². The number of rotatable bonds is 5. The molecule has 0 aliphatic carbocycles. The molecular formula is C12H16ClNO2. The van der Waals surface area contributed by atoms with Gasteiger partial charge in [0.25, 0.3) is 0 Å². The van der Waals surface area contributed by atoms with Crippen LogP contribution in [0, 0.1) is 0 Å². The average Bonchev–Trinajstić information content (AvgIpc) is 2.17. The lowest BCUT2D eigenvalue weighted by atomic mass is 9.84. The molecule has 2 N–H and O–H groups in total. The van der Waals surface area contributed by atoms with Gasteiger partial charge in [0.15, 0.2) is 0 Å². The highest BCUT2D eigenvalue weighted by molar-refractivity contribution is 6.30. The molecular weight excluding hydrogens is 226 g/mol. The molecule has 0 unspecified atom stereocenters. The highest BCUT2D eigenvalue weighted by atomic mass is 35.5. The summed E-state index contributed by atoms with van der Waals surface area (Å²) in [4.78, 5) is 10.4. The van der Waals surface area contributed by atoms with E-state index < -0.39 is 5.97 Å². The van der Waals surface area contributed by atoms with Crippen molar-refractivity contribution in [3.8, 4) is 0 Å². The van der Waals surface area contributed by atoms with Crippen molar-refractivity contribution in [2.24, 2.45) is 0 Å². The van der Waals surface area contributed by atoms with Gasteiger partial charge in [-0.25, -0.2) is 0 Å². The number of hydrogen-bond acceptors (Lipinski definition) is 2. The van der Waals surface area contributed by atoms with E-state index in [1.807, 2.05) is 24.3 Å². The van der Waals surface area contributed by atoms with Crippen LogP contribution in [0.3, 0.4) is 0 Å². The average molecular weight is 242 g/mol. The molecule has 4 heteroatoms. The fraction of sp³-hybridized carbons (Fsp3) is 0.417. The summed E-state index contributed by atoms with van der Waals surface area (Å²) < 4.78 is 0. The van der Waals surface area contributed by atoms with Crippen LogP contribution in [0.25, 0.3) is 0 Å². The van der Waals surface area contributed by atoms with Gasteiger partial charge in [-0.15, -0.1) is 0 Å². The van der Waals surface area contributed by atoms with Gasteiger partial charge >= 0.3 is 5.97 Å². The molecule has 0 spiro atoms. The number of halogens is 1. The highest BCUT2D eigenvalue weighted by Gasteiger charge is 2.20. The Bertz CT molecular complexity index is 360. The van der Waals surface area contributed by atoms with Crippen molar-refractivity contribution in [2.45, 2.75) is 19.3 Å². The predicted octanol–water partition coefficient (Wildman–Crippen LogP) is 2.29. The summed E-state index contributed by atoms with van der Waals surface area (Å²) in [6.07, 6.45) is 0. The third-order valence-electron chi connectivity index (χ3n) is 2.47. The topological polar surface area (TPSA) is 49.3 Å². The molecule has 0 fully saturated rings. The summed E-state index contributed by atoms with van der Waals surface area (Å²) in [5.41, 5.74) is 1.02. The van der Waals surface area contributed by atoms with Gasteiger partial charge in [0.2, 0.25) is 0 Å². The maximum atomic E-state index is 10.4. The summed E-state index contributed by atoms with van der Waals surface area (Å²) in [6.45, 7) is 4.72. The molecule has 0 radical (unpaired) electrons. The van der Waals surface area contributed by atoms with Gasteiger partial charge in [-0.2, -0.15) is 0 Å². The summed E-state index contributed by atoms with van der Waals surface area (Å²) in [5.74, 6) is -0.841. The number of carbonyl (C=O) groups is 1. The molecule has 1 rings (SSSR count). The Hall–Kier alpha value is -1.06. The third kappa shape index (κ3) is 3.83. The summed E-state index contributed by atoms with van der Waals surface area (Å²) in [7, 11) is 0. The lowest BCUT2D eigenvalue weighted by Gasteiger charge is -2.25. The van der Waals surface area contributed by atoms with Crippen LogP contribution >= 0.6 is 11.6 Å².